The second-order valence-corrected chi connectivity index (χ2v) is 16.5. The number of rotatable bonds is 8. The molecule has 1 aromatic rings. The van der Waals surface area contributed by atoms with Crippen LogP contribution in [-0.2, 0) is 14.0 Å². The van der Waals surface area contributed by atoms with Crippen molar-refractivity contribution in [2.75, 3.05) is 6.61 Å². The molecule has 3 atom stereocenters. The Morgan fingerprint density at radius 3 is 2.27 bits per heavy atom. The first-order valence-corrected chi connectivity index (χ1v) is 15.3. The van der Waals surface area contributed by atoms with Crippen LogP contribution in [0.25, 0.3) is 0 Å². The van der Waals surface area contributed by atoms with Crippen molar-refractivity contribution in [3.8, 4) is 0 Å². The smallest absolute Gasteiger partial charge is 0.266 e. The summed E-state index contributed by atoms with van der Waals surface area (Å²) in [5.74, 6) is 0.0369. The lowest BCUT2D eigenvalue weighted by Crippen LogP contribution is -2.46. The third-order valence-electron chi connectivity index (χ3n) is 7.12. The average molecular weight is 494 g/mol. The van der Waals surface area contributed by atoms with E-state index < -0.39 is 14.4 Å². The molecule has 0 saturated carbocycles. The van der Waals surface area contributed by atoms with Crippen molar-refractivity contribution in [1.29, 1.82) is 0 Å². The Balaban J connectivity index is 2.16. The van der Waals surface area contributed by atoms with Crippen LogP contribution in [0.15, 0.2) is 12.1 Å². The maximum absolute atomic E-state index is 13.3. The molecule has 0 aliphatic carbocycles. The highest BCUT2D eigenvalue weighted by atomic mass is 32.1. The second-order valence-electron chi connectivity index (χ2n) is 11.4. The van der Waals surface area contributed by atoms with Gasteiger partial charge in [0.25, 0.3) is 5.17 Å². The minimum Gasteiger partial charge on any atom is -0.468 e. The Bertz CT molecular complexity index is 855. The van der Waals surface area contributed by atoms with Crippen molar-refractivity contribution >= 4 is 31.6 Å². The third kappa shape index (κ3) is 6.65. The molecular weight excluding hydrogens is 450 g/mol. The van der Waals surface area contributed by atoms with Crippen LogP contribution in [0.5, 0.6) is 0 Å². The predicted octanol–water partition coefficient (Wildman–Crippen LogP) is 5.98. The Morgan fingerprint density at radius 1 is 1.24 bits per heavy atom. The number of carbonyl (C=O) groups is 1. The monoisotopic (exact) mass is 493 g/mol. The van der Waals surface area contributed by atoms with E-state index in [0.717, 1.165) is 16.7 Å². The largest absolute Gasteiger partial charge is 0.468 e. The number of thiocarbonyl (C=S) groups is 1. The number of aryl methyl sites for hydroxylation is 3. The first kappa shape index (κ1) is 28.0. The van der Waals surface area contributed by atoms with Gasteiger partial charge in [-0.15, -0.1) is 0 Å². The van der Waals surface area contributed by atoms with Crippen LogP contribution in [0, 0.1) is 26.7 Å². The molecule has 1 heterocycles. The molecule has 186 valence electrons. The van der Waals surface area contributed by atoms with E-state index in [1.54, 1.807) is 4.90 Å². The molecule has 1 aliphatic heterocycles. The molecule has 1 saturated heterocycles. The number of benzene rings is 1. The van der Waals surface area contributed by atoms with Crippen LogP contribution in [0.1, 0.15) is 75.8 Å². The number of ether oxygens (including phenoxy) is 1. The van der Waals surface area contributed by atoms with Crippen molar-refractivity contribution in [3.63, 3.8) is 0 Å². The van der Waals surface area contributed by atoms with E-state index >= 15 is 0 Å². The highest BCUT2D eigenvalue weighted by molar-refractivity contribution is 7.80. The molecule has 1 amide bonds. The van der Waals surface area contributed by atoms with Gasteiger partial charge >= 0.3 is 0 Å². The van der Waals surface area contributed by atoms with Crippen LogP contribution in [0.3, 0.4) is 0 Å². The summed E-state index contributed by atoms with van der Waals surface area (Å²) < 4.78 is 12.2. The second kappa shape index (κ2) is 10.5. The molecule has 1 aliphatic rings. The average Bonchev–Trinajstić information content (AvgIpc) is 3.00. The Hall–Kier alpha value is -1.28. The van der Waals surface area contributed by atoms with Crippen molar-refractivity contribution < 1.29 is 19.1 Å². The van der Waals surface area contributed by atoms with Crippen LogP contribution in [0.4, 0.5) is 0 Å². The Labute approximate surface area is 207 Å². The molecule has 0 bridgehead atoms. The zero-order valence-electron chi connectivity index (χ0n) is 22.1. The summed E-state index contributed by atoms with van der Waals surface area (Å²) in [6, 6.07) is 3.97. The van der Waals surface area contributed by atoms with E-state index in [2.05, 4.69) is 80.6 Å². The van der Waals surface area contributed by atoms with Gasteiger partial charge < -0.3 is 14.3 Å². The van der Waals surface area contributed by atoms with Gasteiger partial charge in [-0.25, -0.2) is 0 Å². The number of amides is 1. The number of aliphatic hydroxyl groups is 1. The van der Waals surface area contributed by atoms with Crippen molar-refractivity contribution in [3.05, 3.63) is 34.4 Å². The van der Waals surface area contributed by atoms with Crippen LogP contribution < -0.4 is 0 Å². The molecule has 1 N–H and O–H groups in total. The molecular formula is C26H43NO4SSi. The molecule has 0 radical (unpaired) electrons. The number of nitrogens with zero attached hydrogens (tertiary/aromatic N) is 1. The van der Waals surface area contributed by atoms with E-state index in [1.165, 1.54) is 5.56 Å². The molecule has 7 heteroatoms. The Morgan fingerprint density at radius 2 is 1.79 bits per heavy atom. The topological polar surface area (TPSA) is 59.0 Å². The molecule has 5 nitrogen and oxygen atoms in total. The Kier molecular flexibility index (Phi) is 8.93. The lowest BCUT2D eigenvalue weighted by Gasteiger charge is -2.41. The minimum absolute atomic E-state index is 0.00591. The molecule has 2 rings (SSSR count). The van der Waals surface area contributed by atoms with Crippen molar-refractivity contribution in [2.45, 2.75) is 105 Å². The minimum atomic E-state index is -1.99. The van der Waals surface area contributed by atoms with Gasteiger partial charge in [0.05, 0.1) is 12.5 Å². The number of hydrogen-bond acceptors (Lipinski definition) is 5. The van der Waals surface area contributed by atoms with Gasteiger partial charge in [-0.3, -0.25) is 9.69 Å². The molecule has 0 spiro atoms. The van der Waals surface area contributed by atoms with Gasteiger partial charge in [0.1, 0.15) is 12.6 Å². The van der Waals surface area contributed by atoms with Crippen LogP contribution >= 0.6 is 12.2 Å². The van der Waals surface area contributed by atoms with Gasteiger partial charge in [-0.1, -0.05) is 52.3 Å². The fourth-order valence-corrected chi connectivity index (χ4v) is 6.07. The summed E-state index contributed by atoms with van der Waals surface area (Å²) in [4.78, 5) is 14.9. The van der Waals surface area contributed by atoms with Crippen LogP contribution in [-0.4, -0.2) is 48.2 Å². The SMILES string of the molecule is Cc1cc(C)c([C@@H]2COC(=S)N2C(=O)C[C@H](O)C[C@@H](O[Si](C)(C)C(C)(C)C)C(C)C)c(C)c1. The standard InChI is InChI=1S/C26H43NO4SSi/c1-16(2)22(31-33(9,10)26(6,7)8)13-20(28)14-23(29)27-21(15-30-25(27)32)24-18(4)11-17(3)12-19(24)5/h11-12,16,20-22,28H,13-15H2,1-10H3/t20-,21+,22-/m1/s1. The lowest BCUT2D eigenvalue weighted by molar-refractivity contribution is -0.130. The van der Waals surface area contributed by atoms with E-state index in [4.69, 9.17) is 21.4 Å². The van der Waals surface area contributed by atoms with E-state index in [9.17, 15) is 9.90 Å². The summed E-state index contributed by atoms with van der Waals surface area (Å²) in [7, 11) is -1.99. The van der Waals surface area contributed by atoms with E-state index in [0.29, 0.717) is 13.0 Å². The molecule has 33 heavy (non-hydrogen) atoms. The number of carbonyl (C=O) groups excluding carboxylic acids is 1. The van der Waals surface area contributed by atoms with Gasteiger partial charge in [0.15, 0.2) is 8.32 Å². The number of hydrogen-bond donors (Lipinski definition) is 1. The fourth-order valence-electron chi connectivity index (χ4n) is 4.29. The van der Waals surface area contributed by atoms with Crippen molar-refractivity contribution in [2.24, 2.45) is 5.92 Å². The summed E-state index contributed by atoms with van der Waals surface area (Å²) >= 11 is 5.38. The molecule has 1 aromatic carbocycles. The third-order valence-corrected chi connectivity index (χ3v) is 11.9. The van der Waals surface area contributed by atoms with Gasteiger partial charge in [-0.05, 0) is 80.2 Å². The molecule has 0 unspecified atom stereocenters. The molecule has 1 fully saturated rings. The zero-order valence-corrected chi connectivity index (χ0v) is 23.9. The molecule has 0 aromatic heterocycles. The number of aliphatic hydroxyl groups excluding tert-OH is 1. The van der Waals surface area contributed by atoms with E-state index in [-0.39, 0.29) is 40.6 Å². The van der Waals surface area contributed by atoms with Gasteiger partial charge in [-0.2, -0.15) is 0 Å². The highest BCUT2D eigenvalue weighted by Gasteiger charge is 2.41. The maximum atomic E-state index is 13.3. The lowest BCUT2D eigenvalue weighted by atomic mass is 9.93. The quantitative estimate of drug-likeness (QED) is 0.356. The normalized spacial score (nSPS) is 19.1. The summed E-state index contributed by atoms with van der Waals surface area (Å²) in [5, 5.41) is 11.2. The zero-order chi connectivity index (χ0) is 25.3. The summed E-state index contributed by atoms with van der Waals surface area (Å²) in [6.07, 6.45) is -0.495. The fraction of sp³-hybridized carbons (Fsp3) is 0.692. The highest BCUT2D eigenvalue weighted by Crippen LogP contribution is 2.39. The van der Waals surface area contributed by atoms with Gasteiger partial charge in [0, 0.05) is 6.10 Å². The van der Waals surface area contributed by atoms with Gasteiger partial charge in [0.2, 0.25) is 5.91 Å². The summed E-state index contributed by atoms with van der Waals surface area (Å²) in [6.45, 7) is 21.8. The van der Waals surface area contributed by atoms with Crippen molar-refractivity contribution in [1.82, 2.24) is 4.90 Å². The van der Waals surface area contributed by atoms with Crippen LogP contribution in [0.2, 0.25) is 18.1 Å². The maximum Gasteiger partial charge on any atom is 0.266 e. The first-order chi connectivity index (χ1) is 15.0. The predicted molar refractivity (Wildman–Crippen MR) is 141 cm³/mol. The summed E-state index contributed by atoms with van der Waals surface area (Å²) in [5.41, 5.74) is 4.49. The van der Waals surface area contributed by atoms with E-state index in [1.807, 2.05) is 0 Å². The first-order valence-electron chi connectivity index (χ1n) is 12.0.